The number of hydrogen-bond donors (Lipinski definition) is 1. The molecule has 1 aromatic rings. The van der Waals surface area contributed by atoms with E-state index in [2.05, 4.69) is 18.0 Å². The Balaban J connectivity index is 2.07. The third kappa shape index (κ3) is 3.70. The van der Waals surface area contributed by atoms with Crippen LogP contribution in [0.15, 0.2) is 12.1 Å². The van der Waals surface area contributed by atoms with E-state index in [-0.39, 0.29) is 0 Å². The van der Waals surface area contributed by atoms with Gasteiger partial charge in [-0.05, 0) is 43.7 Å². The molecule has 3 nitrogen and oxygen atoms in total. The van der Waals surface area contributed by atoms with Gasteiger partial charge in [0.25, 0.3) is 0 Å². The van der Waals surface area contributed by atoms with Gasteiger partial charge in [0.1, 0.15) is 6.10 Å². The topological polar surface area (TPSA) is 48.1 Å². The molecule has 0 bridgehead atoms. The van der Waals surface area contributed by atoms with Gasteiger partial charge in [0.15, 0.2) is 0 Å². The summed E-state index contributed by atoms with van der Waals surface area (Å²) < 4.78 is 6.02. The summed E-state index contributed by atoms with van der Waals surface area (Å²) in [5.41, 5.74) is 7.96. The second-order valence-corrected chi connectivity index (χ2v) is 5.14. The van der Waals surface area contributed by atoms with Crippen LogP contribution in [-0.4, -0.2) is 11.1 Å². The molecule has 2 N–H and O–H groups in total. The van der Waals surface area contributed by atoms with Crippen LogP contribution in [-0.2, 0) is 13.0 Å². The molecule has 1 aromatic heterocycles. The highest BCUT2D eigenvalue weighted by Crippen LogP contribution is 2.23. The van der Waals surface area contributed by atoms with Crippen LogP contribution < -0.4 is 10.5 Å². The van der Waals surface area contributed by atoms with Crippen LogP contribution in [0, 0.1) is 0 Å². The van der Waals surface area contributed by atoms with Gasteiger partial charge in [0.2, 0.25) is 5.88 Å². The monoisotopic (exact) mass is 248 g/mol. The van der Waals surface area contributed by atoms with Crippen molar-refractivity contribution >= 4 is 0 Å². The lowest BCUT2D eigenvalue weighted by Crippen LogP contribution is -2.20. The fraction of sp³-hybridized carbons (Fsp3) is 0.667. The van der Waals surface area contributed by atoms with Crippen molar-refractivity contribution in [2.75, 3.05) is 0 Å². The number of hydrogen-bond acceptors (Lipinski definition) is 3. The second-order valence-electron chi connectivity index (χ2n) is 5.14. The Kier molecular flexibility index (Phi) is 5.00. The number of aryl methyl sites for hydroxylation is 1. The van der Waals surface area contributed by atoms with E-state index >= 15 is 0 Å². The first kappa shape index (κ1) is 13.3. The minimum atomic E-state index is 0.355. The largest absolute Gasteiger partial charge is 0.474 e. The van der Waals surface area contributed by atoms with Crippen LogP contribution in [0.2, 0.25) is 0 Å². The van der Waals surface area contributed by atoms with Crippen LogP contribution >= 0.6 is 0 Å². The molecular weight excluding hydrogens is 224 g/mol. The predicted octanol–water partition coefficient (Wildman–Crippen LogP) is 3.20. The van der Waals surface area contributed by atoms with E-state index in [1.54, 1.807) is 0 Å². The van der Waals surface area contributed by atoms with E-state index in [0.717, 1.165) is 42.8 Å². The Labute approximate surface area is 110 Å². The van der Waals surface area contributed by atoms with Gasteiger partial charge in [-0.2, -0.15) is 0 Å². The molecule has 0 spiro atoms. The van der Waals surface area contributed by atoms with Crippen molar-refractivity contribution in [3.8, 4) is 5.88 Å². The number of pyridine rings is 1. The molecule has 0 atom stereocenters. The van der Waals surface area contributed by atoms with Gasteiger partial charge < -0.3 is 10.5 Å². The summed E-state index contributed by atoms with van der Waals surface area (Å²) >= 11 is 0. The zero-order valence-electron chi connectivity index (χ0n) is 11.3. The average molecular weight is 248 g/mol. The normalized spacial score (nSPS) is 16.8. The Morgan fingerprint density at radius 2 is 2.06 bits per heavy atom. The molecule has 1 heterocycles. The molecule has 1 saturated carbocycles. The first-order valence-corrected chi connectivity index (χ1v) is 7.18. The van der Waals surface area contributed by atoms with E-state index in [0.29, 0.717) is 12.6 Å². The third-order valence-corrected chi connectivity index (χ3v) is 3.50. The standard InChI is InChI=1S/C15H24N2O/c1-2-6-13-9-12(11-16)10-15(17-13)18-14-7-4-3-5-8-14/h9-10,14H,2-8,11,16H2,1H3. The second kappa shape index (κ2) is 6.74. The maximum absolute atomic E-state index is 6.02. The van der Waals surface area contributed by atoms with Crippen molar-refractivity contribution in [1.82, 2.24) is 4.98 Å². The van der Waals surface area contributed by atoms with Crippen LogP contribution in [0.4, 0.5) is 0 Å². The highest BCUT2D eigenvalue weighted by molar-refractivity contribution is 5.25. The molecule has 1 aliphatic rings. The van der Waals surface area contributed by atoms with Crippen LogP contribution in [0.25, 0.3) is 0 Å². The Morgan fingerprint density at radius 3 is 2.72 bits per heavy atom. The molecule has 2 rings (SSSR count). The highest BCUT2D eigenvalue weighted by atomic mass is 16.5. The highest BCUT2D eigenvalue weighted by Gasteiger charge is 2.15. The van der Waals surface area contributed by atoms with Gasteiger partial charge in [-0.15, -0.1) is 0 Å². The summed E-state index contributed by atoms with van der Waals surface area (Å²) in [5.74, 6) is 0.772. The van der Waals surface area contributed by atoms with Crippen molar-refractivity contribution in [1.29, 1.82) is 0 Å². The molecular formula is C15H24N2O. The van der Waals surface area contributed by atoms with Crippen LogP contribution in [0.3, 0.4) is 0 Å². The number of ether oxygens (including phenoxy) is 1. The SMILES string of the molecule is CCCc1cc(CN)cc(OC2CCCCC2)n1. The minimum Gasteiger partial charge on any atom is -0.474 e. The first-order chi connectivity index (χ1) is 8.81. The van der Waals surface area contributed by atoms with Crippen molar-refractivity contribution in [2.24, 2.45) is 5.73 Å². The lowest BCUT2D eigenvalue weighted by atomic mass is 9.98. The third-order valence-electron chi connectivity index (χ3n) is 3.50. The first-order valence-electron chi connectivity index (χ1n) is 7.18. The zero-order valence-corrected chi connectivity index (χ0v) is 11.3. The maximum Gasteiger partial charge on any atom is 0.214 e. The molecule has 100 valence electrons. The Hall–Kier alpha value is -1.09. The van der Waals surface area contributed by atoms with Gasteiger partial charge >= 0.3 is 0 Å². The summed E-state index contributed by atoms with van der Waals surface area (Å²) in [4.78, 5) is 4.59. The predicted molar refractivity (Wildman–Crippen MR) is 73.6 cm³/mol. The molecule has 18 heavy (non-hydrogen) atoms. The summed E-state index contributed by atoms with van der Waals surface area (Å²) in [7, 11) is 0. The molecule has 0 radical (unpaired) electrons. The summed E-state index contributed by atoms with van der Waals surface area (Å²) in [5, 5.41) is 0. The van der Waals surface area contributed by atoms with Gasteiger partial charge in [-0.25, -0.2) is 4.98 Å². The molecule has 0 aromatic carbocycles. The van der Waals surface area contributed by atoms with E-state index in [1.807, 2.05) is 6.07 Å². The summed E-state index contributed by atoms with van der Waals surface area (Å²) in [6.45, 7) is 2.72. The van der Waals surface area contributed by atoms with E-state index in [9.17, 15) is 0 Å². The van der Waals surface area contributed by atoms with Crippen molar-refractivity contribution in [3.05, 3.63) is 23.4 Å². The number of nitrogens with zero attached hydrogens (tertiary/aromatic N) is 1. The van der Waals surface area contributed by atoms with Gasteiger partial charge in [-0.3, -0.25) is 0 Å². The zero-order chi connectivity index (χ0) is 12.8. The fourth-order valence-electron chi connectivity index (χ4n) is 2.54. The smallest absolute Gasteiger partial charge is 0.214 e. The number of nitrogens with two attached hydrogens (primary N) is 1. The lowest BCUT2D eigenvalue weighted by Gasteiger charge is -2.22. The molecule has 1 fully saturated rings. The van der Waals surface area contributed by atoms with Gasteiger partial charge in [0.05, 0.1) is 0 Å². The van der Waals surface area contributed by atoms with Crippen molar-refractivity contribution in [2.45, 2.75) is 64.5 Å². The van der Waals surface area contributed by atoms with Crippen LogP contribution in [0.1, 0.15) is 56.7 Å². The van der Waals surface area contributed by atoms with Crippen molar-refractivity contribution < 1.29 is 4.74 Å². The average Bonchev–Trinajstić information content (AvgIpc) is 2.40. The van der Waals surface area contributed by atoms with E-state index in [4.69, 9.17) is 10.5 Å². The molecule has 0 saturated heterocycles. The minimum absolute atomic E-state index is 0.355. The molecule has 0 aliphatic heterocycles. The Bertz CT molecular complexity index is 373. The molecule has 3 heteroatoms. The van der Waals surface area contributed by atoms with Gasteiger partial charge in [0, 0.05) is 18.3 Å². The van der Waals surface area contributed by atoms with E-state index < -0.39 is 0 Å². The molecule has 1 aliphatic carbocycles. The van der Waals surface area contributed by atoms with E-state index in [1.165, 1.54) is 19.3 Å². The fourth-order valence-corrected chi connectivity index (χ4v) is 2.54. The van der Waals surface area contributed by atoms with Crippen LogP contribution in [0.5, 0.6) is 5.88 Å². The maximum atomic E-state index is 6.02. The number of aromatic nitrogens is 1. The summed E-state index contributed by atoms with van der Waals surface area (Å²) in [6.07, 6.45) is 8.69. The quantitative estimate of drug-likeness (QED) is 0.870. The summed E-state index contributed by atoms with van der Waals surface area (Å²) in [6, 6.07) is 4.09. The lowest BCUT2D eigenvalue weighted by molar-refractivity contribution is 0.148. The number of rotatable bonds is 5. The van der Waals surface area contributed by atoms with Crippen molar-refractivity contribution in [3.63, 3.8) is 0 Å². The molecule has 0 unspecified atom stereocenters. The molecule has 0 amide bonds. The Morgan fingerprint density at radius 1 is 1.28 bits per heavy atom. The van der Waals surface area contributed by atoms with Gasteiger partial charge in [-0.1, -0.05) is 19.8 Å².